The van der Waals surface area contributed by atoms with Crippen LogP contribution >= 0.6 is 12.4 Å². The van der Waals surface area contributed by atoms with E-state index in [9.17, 15) is 18.5 Å². The van der Waals surface area contributed by atoms with E-state index in [1.807, 2.05) is 0 Å². The van der Waals surface area contributed by atoms with Crippen molar-refractivity contribution in [2.45, 2.75) is 30.7 Å². The SMILES string of the molecule is Cc1ccc([N+](=O)[O-])cc1S(=O)(=O)N1CCC(N)CC1.Cl. The monoisotopic (exact) mass is 335 g/mol. The zero-order valence-corrected chi connectivity index (χ0v) is 13.2. The Morgan fingerprint density at radius 3 is 2.43 bits per heavy atom. The van der Waals surface area contributed by atoms with Crippen LogP contribution in [-0.4, -0.2) is 36.8 Å². The third-order valence-electron chi connectivity index (χ3n) is 3.50. The zero-order chi connectivity index (χ0) is 14.9. The summed E-state index contributed by atoms with van der Waals surface area (Å²) >= 11 is 0. The van der Waals surface area contributed by atoms with E-state index in [1.165, 1.54) is 16.4 Å². The predicted molar refractivity (Wildman–Crippen MR) is 81.0 cm³/mol. The molecule has 1 aromatic carbocycles. The van der Waals surface area contributed by atoms with Crippen LogP contribution in [0.3, 0.4) is 0 Å². The molecule has 0 atom stereocenters. The van der Waals surface area contributed by atoms with Gasteiger partial charge in [-0.3, -0.25) is 10.1 Å². The van der Waals surface area contributed by atoms with Crippen LogP contribution in [0.2, 0.25) is 0 Å². The van der Waals surface area contributed by atoms with Crippen molar-refractivity contribution in [1.82, 2.24) is 4.31 Å². The normalized spacial score (nSPS) is 17.2. The maximum Gasteiger partial charge on any atom is 0.270 e. The van der Waals surface area contributed by atoms with E-state index in [4.69, 9.17) is 5.73 Å². The summed E-state index contributed by atoms with van der Waals surface area (Å²) in [6.45, 7) is 2.34. The average Bonchev–Trinajstić information content (AvgIpc) is 2.39. The standard InChI is InChI=1S/C12H17N3O4S.ClH/c1-9-2-3-11(15(16)17)8-12(9)20(18,19)14-6-4-10(13)5-7-14;/h2-3,8,10H,4-7,13H2,1H3;1H. The second kappa shape index (κ2) is 6.69. The van der Waals surface area contributed by atoms with E-state index in [0.29, 0.717) is 31.5 Å². The van der Waals surface area contributed by atoms with E-state index in [-0.39, 0.29) is 29.0 Å². The highest BCUT2D eigenvalue weighted by Gasteiger charge is 2.30. The molecule has 0 bridgehead atoms. The van der Waals surface area contributed by atoms with Crippen molar-refractivity contribution in [3.8, 4) is 0 Å². The molecular weight excluding hydrogens is 318 g/mol. The molecule has 0 spiro atoms. The van der Waals surface area contributed by atoms with Gasteiger partial charge in [-0.05, 0) is 25.3 Å². The number of benzene rings is 1. The molecule has 7 nitrogen and oxygen atoms in total. The lowest BCUT2D eigenvalue weighted by Crippen LogP contribution is -2.42. The molecule has 1 aromatic rings. The van der Waals surface area contributed by atoms with Crippen molar-refractivity contribution >= 4 is 28.1 Å². The van der Waals surface area contributed by atoms with Gasteiger partial charge in [-0.1, -0.05) is 6.07 Å². The van der Waals surface area contributed by atoms with E-state index in [2.05, 4.69) is 0 Å². The van der Waals surface area contributed by atoms with Crippen LogP contribution in [-0.2, 0) is 10.0 Å². The van der Waals surface area contributed by atoms with Crippen molar-refractivity contribution < 1.29 is 13.3 Å². The minimum atomic E-state index is -3.70. The molecule has 0 radical (unpaired) electrons. The molecule has 1 aliphatic heterocycles. The first-order valence-electron chi connectivity index (χ1n) is 6.33. The fourth-order valence-corrected chi connectivity index (χ4v) is 3.95. The summed E-state index contributed by atoms with van der Waals surface area (Å²) in [5, 5.41) is 10.8. The number of halogens is 1. The molecule has 118 valence electrons. The molecule has 1 heterocycles. The number of sulfonamides is 1. The van der Waals surface area contributed by atoms with Gasteiger partial charge >= 0.3 is 0 Å². The van der Waals surface area contributed by atoms with E-state index < -0.39 is 14.9 Å². The second-order valence-electron chi connectivity index (χ2n) is 4.95. The molecule has 0 saturated carbocycles. The minimum absolute atomic E-state index is 0. The van der Waals surface area contributed by atoms with Crippen LogP contribution in [0.1, 0.15) is 18.4 Å². The van der Waals surface area contributed by atoms with Crippen LogP contribution in [0.4, 0.5) is 5.69 Å². The lowest BCUT2D eigenvalue weighted by molar-refractivity contribution is -0.385. The van der Waals surface area contributed by atoms with Crippen LogP contribution in [0.25, 0.3) is 0 Å². The van der Waals surface area contributed by atoms with Gasteiger partial charge in [-0.15, -0.1) is 12.4 Å². The van der Waals surface area contributed by atoms with Gasteiger partial charge < -0.3 is 5.73 Å². The first-order valence-corrected chi connectivity index (χ1v) is 7.77. The number of nitro groups is 1. The summed E-state index contributed by atoms with van der Waals surface area (Å²) in [7, 11) is -3.70. The highest BCUT2D eigenvalue weighted by atomic mass is 35.5. The van der Waals surface area contributed by atoms with Crippen LogP contribution in [0.5, 0.6) is 0 Å². The second-order valence-corrected chi connectivity index (χ2v) is 6.85. The van der Waals surface area contributed by atoms with Crippen molar-refractivity contribution in [1.29, 1.82) is 0 Å². The first-order chi connectivity index (χ1) is 9.32. The lowest BCUT2D eigenvalue weighted by Gasteiger charge is -2.29. The fourth-order valence-electron chi connectivity index (χ4n) is 2.24. The Labute approximate surface area is 129 Å². The van der Waals surface area contributed by atoms with Crippen LogP contribution in [0.15, 0.2) is 23.1 Å². The number of nitro benzene ring substituents is 1. The third kappa shape index (κ3) is 3.70. The topological polar surface area (TPSA) is 107 Å². The highest BCUT2D eigenvalue weighted by molar-refractivity contribution is 7.89. The molecule has 0 amide bonds. The Hall–Kier alpha value is -1.22. The number of nitrogens with two attached hydrogens (primary N) is 1. The summed E-state index contributed by atoms with van der Waals surface area (Å²) in [6, 6.07) is 3.91. The maximum absolute atomic E-state index is 12.6. The van der Waals surface area contributed by atoms with Gasteiger partial charge in [0.15, 0.2) is 0 Å². The molecule has 2 rings (SSSR count). The number of aryl methyl sites for hydroxylation is 1. The number of piperidine rings is 1. The number of non-ortho nitro benzene ring substituents is 1. The van der Waals surface area contributed by atoms with Crippen molar-refractivity contribution in [3.05, 3.63) is 33.9 Å². The number of rotatable bonds is 3. The summed E-state index contributed by atoms with van der Waals surface area (Å²) in [5.74, 6) is 0. The summed E-state index contributed by atoms with van der Waals surface area (Å²) in [5.41, 5.74) is 6.05. The molecule has 1 saturated heterocycles. The number of nitrogens with zero attached hydrogens (tertiary/aromatic N) is 2. The molecule has 0 aliphatic carbocycles. The van der Waals surface area contributed by atoms with Gasteiger partial charge in [0.1, 0.15) is 0 Å². The fraction of sp³-hybridized carbons (Fsp3) is 0.500. The van der Waals surface area contributed by atoms with Gasteiger partial charge in [0.25, 0.3) is 5.69 Å². The Kier molecular flexibility index (Phi) is 5.68. The van der Waals surface area contributed by atoms with E-state index in [0.717, 1.165) is 6.07 Å². The van der Waals surface area contributed by atoms with E-state index >= 15 is 0 Å². The van der Waals surface area contributed by atoms with Crippen molar-refractivity contribution in [2.75, 3.05) is 13.1 Å². The molecule has 0 aromatic heterocycles. The van der Waals surface area contributed by atoms with Gasteiger partial charge in [0.05, 0.1) is 9.82 Å². The van der Waals surface area contributed by atoms with Gasteiger partial charge in [0, 0.05) is 31.3 Å². The molecule has 9 heteroatoms. The summed E-state index contributed by atoms with van der Waals surface area (Å²) in [4.78, 5) is 10.2. The van der Waals surface area contributed by atoms with E-state index in [1.54, 1.807) is 6.92 Å². The molecule has 0 unspecified atom stereocenters. The predicted octanol–water partition coefficient (Wildman–Crippen LogP) is 1.44. The van der Waals surface area contributed by atoms with Crippen molar-refractivity contribution in [2.24, 2.45) is 5.73 Å². The number of hydrogen-bond donors (Lipinski definition) is 1. The molecule has 1 aliphatic rings. The number of hydrogen-bond acceptors (Lipinski definition) is 5. The molecule has 2 N–H and O–H groups in total. The highest BCUT2D eigenvalue weighted by Crippen LogP contribution is 2.26. The zero-order valence-electron chi connectivity index (χ0n) is 11.6. The lowest BCUT2D eigenvalue weighted by atomic mass is 10.1. The molecule has 21 heavy (non-hydrogen) atoms. The van der Waals surface area contributed by atoms with Gasteiger partial charge in [-0.2, -0.15) is 4.31 Å². The Morgan fingerprint density at radius 1 is 1.33 bits per heavy atom. The average molecular weight is 336 g/mol. The first kappa shape index (κ1) is 17.8. The Bertz CT molecular complexity index is 627. The van der Waals surface area contributed by atoms with Gasteiger partial charge in [-0.25, -0.2) is 8.42 Å². The third-order valence-corrected chi connectivity index (χ3v) is 5.54. The molecular formula is C12H18ClN3O4S. The van der Waals surface area contributed by atoms with Crippen LogP contribution < -0.4 is 5.73 Å². The smallest absolute Gasteiger partial charge is 0.270 e. The summed E-state index contributed by atoms with van der Waals surface area (Å²) in [6.07, 6.45) is 1.21. The Morgan fingerprint density at radius 2 is 1.90 bits per heavy atom. The quantitative estimate of drug-likeness (QED) is 0.664. The molecule has 1 fully saturated rings. The van der Waals surface area contributed by atoms with Crippen LogP contribution in [0, 0.1) is 17.0 Å². The Balaban J connectivity index is 0.00000220. The minimum Gasteiger partial charge on any atom is -0.328 e. The summed E-state index contributed by atoms with van der Waals surface area (Å²) < 4.78 is 26.5. The maximum atomic E-state index is 12.6. The van der Waals surface area contributed by atoms with Crippen molar-refractivity contribution in [3.63, 3.8) is 0 Å². The largest absolute Gasteiger partial charge is 0.328 e. The van der Waals surface area contributed by atoms with Gasteiger partial charge in [0.2, 0.25) is 10.0 Å².